The summed E-state index contributed by atoms with van der Waals surface area (Å²) < 4.78 is 4.67. The molecular weight excluding hydrogens is 210 g/mol. The van der Waals surface area contributed by atoms with E-state index in [0.29, 0.717) is 0 Å². The maximum atomic E-state index is 11.0. The van der Waals surface area contributed by atoms with Gasteiger partial charge in [0, 0.05) is 6.54 Å². The van der Waals surface area contributed by atoms with Crippen LogP contribution in [0.3, 0.4) is 0 Å². The molecule has 0 bridgehead atoms. The molecule has 0 aromatic heterocycles. The van der Waals surface area contributed by atoms with Crippen molar-refractivity contribution in [2.75, 3.05) is 26.2 Å². The molecule has 0 fully saturated rings. The van der Waals surface area contributed by atoms with Gasteiger partial charge >= 0.3 is 5.97 Å². The Hall–Kier alpha value is -1.63. The fraction of sp³-hybridized carbons (Fsp3) is 0.700. The SMILES string of the molecule is CCOC(=O)CC(O)CN(CC#N)CC#N. The van der Waals surface area contributed by atoms with Gasteiger partial charge in [-0.05, 0) is 6.92 Å². The molecule has 0 radical (unpaired) electrons. The van der Waals surface area contributed by atoms with Crippen molar-refractivity contribution in [1.82, 2.24) is 4.90 Å². The molecule has 0 aliphatic heterocycles. The summed E-state index contributed by atoms with van der Waals surface area (Å²) in [4.78, 5) is 12.5. The van der Waals surface area contributed by atoms with Gasteiger partial charge in [0.2, 0.25) is 0 Å². The fourth-order valence-electron chi connectivity index (χ4n) is 1.16. The van der Waals surface area contributed by atoms with Gasteiger partial charge in [-0.15, -0.1) is 0 Å². The van der Waals surface area contributed by atoms with Crippen molar-refractivity contribution in [3.63, 3.8) is 0 Å². The van der Waals surface area contributed by atoms with Gasteiger partial charge in [-0.3, -0.25) is 9.69 Å². The van der Waals surface area contributed by atoms with E-state index in [2.05, 4.69) is 4.74 Å². The summed E-state index contributed by atoms with van der Waals surface area (Å²) in [6.07, 6.45) is -1.04. The van der Waals surface area contributed by atoms with Gasteiger partial charge in [-0.25, -0.2) is 0 Å². The second-order valence-corrected chi connectivity index (χ2v) is 3.15. The number of hydrogen-bond acceptors (Lipinski definition) is 6. The molecule has 6 nitrogen and oxygen atoms in total. The van der Waals surface area contributed by atoms with E-state index in [1.807, 2.05) is 12.1 Å². The predicted molar refractivity (Wildman–Crippen MR) is 54.9 cm³/mol. The maximum absolute atomic E-state index is 11.0. The van der Waals surface area contributed by atoms with Gasteiger partial charge in [0.05, 0.1) is 44.4 Å². The maximum Gasteiger partial charge on any atom is 0.308 e. The third-order valence-electron chi connectivity index (χ3n) is 1.77. The Labute approximate surface area is 94.6 Å². The van der Waals surface area contributed by atoms with E-state index in [4.69, 9.17) is 10.5 Å². The number of ether oxygens (including phenoxy) is 1. The minimum atomic E-state index is -0.916. The van der Waals surface area contributed by atoms with Gasteiger partial charge in [0.15, 0.2) is 0 Å². The lowest BCUT2D eigenvalue weighted by Crippen LogP contribution is -2.34. The lowest BCUT2D eigenvalue weighted by molar-refractivity contribution is -0.145. The average Bonchev–Trinajstić information content (AvgIpc) is 2.18. The Morgan fingerprint density at radius 3 is 2.44 bits per heavy atom. The molecule has 0 aliphatic rings. The van der Waals surface area contributed by atoms with Crippen LogP contribution in [0.25, 0.3) is 0 Å². The quantitative estimate of drug-likeness (QED) is 0.470. The van der Waals surface area contributed by atoms with Crippen molar-refractivity contribution in [1.29, 1.82) is 10.5 Å². The van der Waals surface area contributed by atoms with Crippen LogP contribution in [-0.2, 0) is 9.53 Å². The number of nitriles is 2. The highest BCUT2D eigenvalue weighted by molar-refractivity contribution is 5.69. The second kappa shape index (κ2) is 8.66. The summed E-state index contributed by atoms with van der Waals surface area (Å²) in [5.41, 5.74) is 0. The summed E-state index contributed by atoms with van der Waals surface area (Å²) >= 11 is 0. The summed E-state index contributed by atoms with van der Waals surface area (Å²) in [7, 11) is 0. The van der Waals surface area contributed by atoms with E-state index in [-0.39, 0.29) is 32.7 Å². The largest absolute Gasteiger partial charge is 0.466 e. The molecule has 0 aromatic rings. The lowest BCUT2D eigenvalue weighted by atomic mass is 10.2. The Morgan fingerprint density at radius 2 is 2.00 bits per heavy atom. The minimum Gasteiger partial charge on any atom is -0.466 e. The van der Waals surface area contributed by atoms with Crippen LogP contribution in [0, 0.1) is 22.7 Å². The predicted octanol–water partition coefficient (Wildman–Crippen LogP) is -0.350. The van der Waals surface area contributed by atoms with Gasteiger partial charge in [-0.1, -0.05) is 0 Å². The monoisotopic (exact) mass is 225 g/mol. The first-order chi connectivity index (χ1) is 7.63. The summed E-state index contributed by atoms with van der Waals surface area (Å²) in [6, 6.07) is 3.77. The first-order valence-electron chi connectivity index (χ1n) is 4.94. The van der Waals surface area contributed by atoms with Gasteiger partial charge in [0.25, 0.3) is 0 Å². The molecule has 0 rings (SSSR count). The number of esters is 1. The smallest absolute Gasteiger partial charge is 0.308 e. The van der Waals surface area contributed by atoms with E-state index < -0.39 is 12.1 Å². The van der Waals surface area contributed by atoms with E-state index >= 15 is 0 Å². The van der Waals surface area contributed by atoms with Crippen LogP contribution in [0.4, 0.5) is 0 Å². The molecule has 0 saturated heterocycles. The molecule has 1 atom stereocenters. The zero-order valence-corrected chi connectivity index (χ0v) is 9.22. The highest BCUT2D eigenvalue weighted by atomic mass is 16.5. The van der Waals surface area contributed by atoms with Crippen LogP contribution in [0.15, 0.2) is 0 Å². The summed E-state index contributed by atoms with van der Waals surface area (Å²) in [6.45, 7) is 2.16. The Bertz CT molecular complexity index is 277. The Kier molecular flexibility index (Phi) is 7.78. The van der Waals surface area contributed by atoms with Gasteiger partial charge < -0.3 is 9.84 Å². The van der Waals surface area contributed by atoms with Crippen LogP contribution in [-0.4, -0.2) is 48.3 Å². The number of rotatable bonds is 7. The van der Waals surface area contributed by atoms with Crippen molar-refractivity contribution in [2.24, 2.45) is 0 Å². The van der Waals surface area contributed by atoms with Crippen molar-refractivity contribution in [3.05, 3.63) is 0 Å². The average molecular weight is 225 g/mol. The molecule has 0 aliphatic carbocycles. The highest BCUT2D eigenvalue weighted by Crippen LogP contribution is 1.98. The highest BCUT2D eigenvalue weighted by Gasteiger charge is 2.15. The normalized spacial score (nSPS) is 11.6. The molecule has 88 valence electrons. The van der Waals surface area contributed by atoms with Crippen LogP contribution in [0.2, 0.25) is 0 Å². The number of carbonyl (C=O) groups is 1. The number of aliphatic hydroxyl groups is 1. The zero-order chi connectivity index (χ0) is 12.4. The number of carbonyl (C=O) groups excluding carboxylic acids is 1. The Morgan fingerprint density at radius 1 is 1.44 bits per heavy atom. The van der Waals surface area contributed by atoms with Crippen molar-refractivity contribution >= 4 is 5.97 Å². The molecule has 0 amide bonds. The Balaban J connectivity index is 4.00. The number of hydrogen-bond donors (Lipinski definition) is 1. The first kappa shape index (κ1) is 14.4. The molecule has 0 heterocycles. The minimum absolute atomic E-state index is 0.0491. The zero-order valence-electron chi connectivity index (χ0n) is 9.22. The lowest BCUT2D eigenvalue weighted by Gasteiger charge is -2.18. The first-order valence-corrected chi connectivity index (χ1v) is 4.94. The van der Waals surface area contributed by atoms with E-state index in [1.54, 1.807) is 6.92 Å². The van der Waals surface area contributed by atoms with Crippen LogP contribution in [0.5, 0.6) is 0 Å². The van der Waals surface area contributed by atoms with E-state index in [9.17, 15) is 9.90 Å². The summed E-state index contributed by atoms with van der Waals surface area (Å²) in [5, 5.41) is 26.4. The third-order valence-corrected chi connectivity index (χ3v) is 1.77. The van der Waals surface area contributed by atoms with Crippen LogP contribution in [0.1, 0.15) is 13.3 Å². The van der Waals surface area contributed by atoms with Crippen LogP contribution >= 0.6 is 0 Å². The molecule has 1 unspecified atom stereocenters. The summed E-state index contributed by atoms with van der Waals surface area (Å²) in [5.74, 6) is -0.483. The van der Waals surface area contributed by atoms with E-state index in [1.165, 1.54) is 4.90 Å². The van der Waals surface area contributed by atoms with Gasteiger partial charge in [0.1, 0.15) is 0 Å². The molecule has 16 heavy (non-hydrogen) atoms. The molecule has 0 spiro atoms. The van der Waals surface area contributed by atoms with Gasteiger partial charge in [-0.2, -0.15) is 10.5 Å². The molecule has 0 saturated carbocycles. The number of nitrogens with zero attached hydrogens (tertiary/aromatic N) is 3. The molecule has 0 aromatic carbocycles. The van der Waals surface area contributed by atoms with Crippen molar-refractivity contribution in [2.45, 2.75) is 19.4 Å². The second-order valence-electron chi connectivity index (χ2n) is 3.15. The topological polar surface area (TPSA) is 97.3 Å². The molecule has 6 heteroatoms. The molecule has 1 N–H and O–H groups in total. The van der Waals surface area contributed by atoms with Crippen LogP contribution < -0.4 is 0 Å². The van der Waals surface area contributed by atoms with Crippen molar-refractivity contribution in [3.8, 4) is 12.1 Å². The molecular formula is C10H15N3O3. The number of aliphatic hydroxyl groups excluding tert-OH is 1. The van der Waals surface area contributed by atoms with Crippen molar-refractivity contribution < 1.29 is 14.6 Å². The standard InChI is InChI=1S/C10H15N3O3/c1-2-16-10(15)7-9(14)8-13(5-3-11)6-4-12/h9,14H,2,5-8H2,1H3. The third kappa shape index (κ3) is 6.77. The van der Waals surface area contributed by atoms with E-state index in [0.717, 1.165) is 0 Å². The fourth-order valence-corrected chi connectivity index (χ4v) is 1.16.